The van der Waals surface area contributed by atoms with Gasteiger partial charge >= 0.3 is 6.03 Å². The van der Waals surface area contributed by atoms with Gasteiger partial charge in [0.15, 0.2) is 0 Å². The Morgan fingerprint density at radius 3 is 2.63 bits per heavy atom. The standard InChI is InChI=1S/C20H28N4O2S/c25-18(24-12-10-23(11-13-24)15-6-2-1-3-7-15)9-5-4-8-17-19-16(14-27-17)21-20(26)22-19/h1-3,6-7,16-17,19H,4-5,8-14H2,(H2,21,22,26)/t16-,17-,19-/m1/s1. The van der Waals surface area contributed by atoms with Crippen LogP contribution in [-0.4, -0.2) is 66.1 Å². The number of nitrogens with zero attached hydrogens (tertiary/aromatic N) is 2. The average Bonchev–Trinajstić information content (AvgIpc) is 3.25. The summed E-state index contributed by atoms with van der Waals surface area (Å²) in [7, 11) is 0. The van der Waals surface area contributed by atoms with E-state index in [4.69, 9.17) is 0 Å². The molecule has 0 spiro atoms. The van der Waals surface area contributed by atoms with Crippen LogP contribution in [0.4, 0.5) is 10.5 Å². The van der Waals surface area contributed by atoms with Crippen molar-refractivity contribution in [3.8, 4) is 0 Å². The molecule has 1 aromatic rings. The number of nitrogens with one attached hydrogen (secondary N) is 2. The van der Waals surface area contributed by atoms with Crippen LogP contribution in [0.1, 0.15) is 25.7 Å². The minimum Gasteiger partial charge on any atom is -0.368 e. The van der Waals surface area contributed by atoms with E-state index < -0.39 is 0 Å². The number of unbranched alkanes of at least 4 members (excludes halogenated alkanes) is 1. The number of carbonyl (C=O) groups is 2. The van der Waals surface area contributed by atoms with Crippen molar-refractivity contribution in [1.29, 1.82) is 0 Å². The maximum absolute atomic E-state index is 12.5. The number of urea groups is 1. The lowest BCUT2D eigenvalue weighted by atomic mass is 10.0. The van der Waals surface area contributed by atoms with E-state index in [2.05, 4.69) is 39.8 Å². The Balaban J connectivity index is 1.14. The van der Waals surface area contributed by atoms with Crippen molar-refractivity contribution in [2.45, 2.75) is 43.0 Å². The van der Waals surface area contributed by atoms with Crippen LogP contribution < -0.4 is 15.5 Å². The topological polar surface area (TPSA) is 64.7 Å². The van der Waals surface area contributed by atoms with E-state index in [1.165, 1.54) is 5.69 Å². The monoisotopic (exact) mass is 388 g/mol. The van der Waals surface area contributed by atoms with Crippen LogP contribution in [-0.2, 0) is 4.79 Å². The zero-order chi connectivity index (χ0) is 18.6. The number of piperazine rings is 1. The highest BCUT2D eigenvalue weighted by atomic mass is 32.2. The van der Waals surface area contributed by atoms with Crippen molar-refractivity contribution in [1.82, 2.24) is 15.5 Å². The number of rotatable bonds is 6. The lowest BCUT2D eigenvalue weighted by Gasteiger charge is -2.36. The Morgan fingerprint density at radius 1 is 1.07 bits per heavy atom. The number of para-hydroxylation sites is 1. The van der Waals surface area contributed by atoms with Crippen molar-refractivity contribution in [2.24, 2.45) is 0 Å². The van der Waals surface area contributed by atoms with Gasteiger partial charge in [-0.05, 0) is 25.0 Å². The second-order valence-electron chi connectivity index (χ2n) is 7.57. The van der Waals surface area contributed by atoms with Gasteiger partial charge in [0.25, 0.3) is 0 Å². The van der Waals surface area contributed by atoms with Crippen LogP contribution in [0.15, 0.2) is 30.3 Å². The molecule has 0 bridgehead atoms. The molecule has 0 saturated carbocycles. The molecule has 0 aliphatic carbocycles. The van der Waals surface area contributed by atoms with Crippen LogP contribution in [0.25, 0.3) is 0 Å². The summed E-state index contributed by atoms with van der Waals surface area (Å²) in [6, 6.07) is 10.9. The zero-order valence-electron chi connectivity index (χ0n) is 15.6. The molecule has 7 heteroatoms. The van der Waals surface area contributed by atoms with E-state index in [1.807, 2.05) is 22.7 Å². The fourth-order valence-electron chi connectivity index (χ4n) is 4.28. The summed E-state index contributed by atoms with van der Waals surface area (Å²) >= 11 is 1.94. The van der Waals surface area contributed by atoms with E-state index in [0.717, 1.165) is 51.2 Å². The molecule has 3 atom stereocenters. The molecule has 146 valence electrons. The highest BCUT2D eigenvalue weighted by Gasteiger charge is 2.42. The van der Waals surface area contributed by atoms with Crippen LogP contribution in [0.2, 0.25) is 0 Å². The first-order valence-corrected chi connectivity index (χ1v) is 11.0. The predicted octanol–water partition coefficient (Wildman–Crippen LogP) is 2.06. The number of benzene rings is 1. The highest BCUT2D eigenvalue weighted by Crippen LogP contribution is 2.33. The quantitative estimate of drug-likeness (QED) is 0.578. The van der Waals surface area contributed by atoms with Crippen LogP contribution in [0.3, 0.4) is 0 Å². The van der Waals surface area contributed by atoms with Gasteiger partial charge in [-0.1, -0.05) is 24.6 Å². The summed E-state index contributed by atoms with van der Waals surface area (Å²) in [6.07, 6.45) is 3.70. The number of hydrogen-bond donors (Lipinski definition) is 2. The van der Waals surface area contributed by atoms with E-state index >= 15 is 0 Å². The van der Waals surface area contributed by atoms with Gasteiger partial charge in [0, 0.05) is 49.3 Å². The highest BCUT2D eigenvalue weighted by molar-refractivity contribution is 8.00. The number of thioether (sulfide) groups is 1. The maximum atomic E-state index is 12.5. The van der Waals surface area contributed by atoms with Gasteiger partial charge in [0.2, 0.25) is 5.91 Å². The van der Waals surface area contributed by atoms with Gasteiger partial charge in [0.1, 0.15) is 0 Å². The van der Waals surface area contributed by atoms with Crippen molar-refractivity contribution >= 4 is 29.4 Å². The first-order chi connectivity index (χ1) is 13.2. The summed E-state index contributed by atoms with van der Waals surface area (Å²) in [5.41, 5.74) is 1.24. The lowest BCUT2D eigenvalue weighted by Crippen LogP contribution is -2.48. The first kappa shape index (κ1) is 18.5. The van der Waals surface area contributed by atoms with E-state index in [-0.39, 0.29) is 24.0 Å². The summed E-state index contributed by atoms with van der Waals surface area (Å²) < 4.78 is 0. The third kappa shape index (κ3) is 4.34. The van der Waals surface area contributed by atoms with E-state index in [1.54, 1.807) is 0 Å². The Labute approximate surface area is 165 Å². The molecule has 4 rings (SSSR count). The number of amides is 3. The third-order valence-corrected chi connectivity index (χ3v) is 7.33. The van der Waals surface area contributed by atoms with Gasteiger partial charge in [-0.25, -0.2) is 4.79 Å². The molecule has 3 aliphatic heterocycles. The van der Waals surface area contributed by atoms with E-state index in [0.29, 0.717) is 11.7 Å². The van der Waals surface area contributed by atoms with Gasteiger partial charge in [-0.15, -0.1) is 0 Å². The molecule has 3 saturated heterocycles. The minimum absolute atomic E-state index is 0.0277. The molecular weight excluding hydrogens is 360 g/mol. The van der Waals surface area contributed by atoms with Crippen LogP contribution in [0, 0.1) is 0 Å². The normalized spacial score (nSPS) is 27.3. The summed E-state index contributed by atoms with van der Waals surface area (Å²) in [4.78, 5) is 28.3. The number of carbonyl (C=O) groups excluding carboxylic acids is 2. The molecule has 0 aromatic heterocycles. The Kier molecular flexibility index (Phi) is 5.76. The molecule has 3 heterocycles. The molecule has 0 unspecified atom stereocenters. The summed E-state index contributed by atoms with van der Waals surface area (Å²) in [5, 5.41) is 6.50. The molecule has 0 radical (unpaired) electrons. The molecular formula is C20H28N4O2S. The first-order valence-electron chi connectivity index (χ1n) is 9.97. The second-order valence-corrected chi connectivity index (χ2v) is 8.84. The maximum Gasteiger partial charge on any atom is 0.315 e. The zero-order valence-corrected chi connectivity index (χ0v) is 16.4. The van der Waals surface area contributed by atoms with Crippen molar-refractivity contribution in [2.75, 3.05) is 36.8 Å². The second kappa shape index (κ2) is 8.42. The molecule has 6 nitrogen and oxygen atoms in total. The number of anilines is 1. The molecule has 3 aliphatic rings. The predicted molar refractivity (Wildman–Crippen MR) is 109 cm³/mol. The van der Waals surface area contributed by atoms with Crippen LogP contribution >= 0.6 is 11.8 Å². The molecule has 3 fully saturated rings. The Morgan fingerprint density at radius 2 is 1.85 bits per heavy atom. The summed E-state index contributed by atoms with van der Waals surface area (Å²) in [6.45, 7) is 3.44. The Hall–Kier alpha value is -1.89. The number of fused-ring (bicyclic) bond motifs is 1. The average molecular weight is 389 g/mol. The molecule has 2 N–H and O–H groups in total. The molecule has 3 amide bonds. The fraction of sp³-hybridized carbons (Fsp3) is 0.600. The lowest BCUT2D eigenvalue weighted by molar-refractivity contribution is -0.131. The summed E-state index contributed by atoms with van der Waals surface area (Å²) in [5.74, 6) is 1.29. The Bertz CT molecular complexity index is 663. The van der Waals surface area contributed by atoms with Crippen molar-refractivity contribution < 1.29 is 9.59 Å². The van der Waals surface area contributed by atoms with E-state index in [9.17, 15) is 9.59 Å². The van der Waals surface area contributed by atoms with Gasteiger partial charge < -0.3 is 20.4 Å². The molecule has 1 aromatic carbocycles. The smallest absolute Gasteiger partial charge is 0.315 e. The SMILES string of the molecule is O=C1N[C@@H]2[C@@H](CS[C@@H]2CCCCC(=O)N2CCN(c3ccccc3)CC2)N1. The van der Waals surface area contributed by atoms with Crippen LogP contribution in [0.5, 0.6) is 0 Å². The molecule has 27 heavy (non-hydrogen) atoms. The third-order valence-electron chi connectivity index (χ3n) is 5.82. The van der Waals surface area contributed by atoms with Crippen molar-refractivity contribution in [3.05, 3.63) is 30.3 Å². The van der Waals surface area contributed by atoms with Gasteiger partial charge in [0.05, 0.1) is 12.1 Å². The number of hydrogen-bond acceptors (Lipinski definition) is 4. The largest absolute Gasteiger partial charge is 0.368 e. The van der Waals surface area contributed by atoms with Gasteiger partial charge in [-0.2, -0.15) is 11.8 Å². The van der Waals surface area contributed by atoms with Crippen molar-refractivity contribution in [3.63, 3.8) is 0 Å². The fourth-order valence-corrected chi connectivity index (χ4v) is 5.82. The van der Waals surface area contributed by atoms with Gasteiger partial charge in [-0.3, -0.25) is 4.79 Å². The minimum atomic E-state index is -0.0277.